The van der Waals surface area contributed by atoms with Crippen molar-refractivity contribution in [1.29, 1.82) is 0 Å². The summed E-state index contributed by atoms with van der Waals surface area (Å²) < 4.78 is 32.9. The monoisotopic (exact) mass is 620 g/mol. The van der Waals surface area contributed by atoms with Crippen LogP contribution in [-0.2, 0) is 26.0 Å². The smallest absolute Gasteiger partial charge is 0.339 e. The highest BCUT2D eigenvalue weighted by Gasteiger charge is 2.40. The van der Waals surface area contributed by atoms with E-state index in [1.54, 1.807) is 36.4 Å². The van der Waals surface area contributed by atoms with E-state index < -0.39 is 40.0 Å². The molecule has 2 atom stereocenters. The van der Waals surface area contributed by atoms with Crippen LogP contribution in [0.1, 0.15) is 28.8 Å². The Hall–Kier alpha value is -3.64. The number of carboxylic acids is 2. The summed E-state index contributed by atoms with van der Waals surface area (Å²) in [5, 5.41) is 22.0. The van der Waals surface area contributed by atoms with Crippen LogP contribution in [0.15, 0.2) is 65.6 Å². The van der Waals surface area contributed by atoms with Crippen molar-refractivity contribution in [2.75, 3.05) is 13.7 Å². The lowest BCUT2D eigenvalue weighted by atomic mass is 9.98. The summed E-state index contributed by atoms with van der Waals surface area (Å²) in [6.07, 6.45) is 0.562. The van der Waals surface area contributed by atoms with Crippen molar-refractivity contribution in [1.82, 2.24) is 9.62 Å². The number of aromatic carboxylic acids is 1. The lowest BCUT2D eigenvalue weighted by Crippen LogP contribution is -2.51. The van der Waals surface area contributed by atoms with Crippen LogP contribution in [0.4, 0.5) is 0 Å². The number of amides is 1. The number of benzene rings is 3. The lowest BCUT2D eigenvalue weighted by Gasteiger charge is -2.25. The summed E-state index contributed by atoms with van der Waals surface area (Å²) in [7, 11) is -2.75. The van der Waals surface area contributed by atoms with Gasteiger partial charge >= 0.3 is 11.9 Å². The molecule has 4 rings (SSSR count). The van der Waals surface area contributed by atoms with E-state index in [9.17, 15) is 33.0 Å². The normalized spacial score (nSPS) is 16.2. The van der Waals surface area contributed by atoms with E-state index >= 15 is 0 Å². The maximum absolute atomic E-state index is 13.3. The number of aliphatic carboxylic acids is 1. The number of para-hydroxylation sites is 1. The van der Waals surface area contributed by atoms with Gasteiger partial charge in [-0.05, 0) is 48.2 Å². The van der Waals surface area contributed by atoms with Crippen molar-refractivity contribution < 1.29 is 37.8 Å². The number of hydrogen-bond acceptors (Lipinski definition) is 6. The Balaban J connectivity index is 1.51. The van der Waals surface area contributed by atoms with Crippen LogP contribution < -0.4 is 10.1 Å². The molecular weight excluding hydrogens is 595 g/mol. The second kappa shape index (κ2) is 12.5. The molecule has 1 amide bonds. The van der Waals surface area contributed by atoms with E-state index in [-0.39, 0.29) is 45.6 Å². The third-order valence-electron chi connectivity index (χ3n) is 6.72. The van der Waals surface area contributed by atoms with E-state index in [0.29, 0.717) is 23.1 Å². The average Bonchev–Trinajstić information content (AvgIpc) is 3.43. The first-order valence-corrected chi connectivity index (χ1v) is 14.6. The van der Waals surface area contributed by atoms with Gasteiger partial charge in [0.1, 0.15) is 23.4 Å². The zero-order valence-corrected chi connectivity index (χ0v) is 24.0. The number of halogens is 2. The Morgan fingerprint density at radius 1 is 1.05 bits per heavy atom. The SMILES string of the molecule is COc1c(C(=O)O)cccc1-c1ccc(C[C@H](NC(=O)[C@@H]2CCCN2S(=O)(=O)c2cc(Cl)cc(Cl)c2)C(=O)O)cc1. The summed E-state index contributed by atoms with van der Waals surface area (Å²) in [5.74, 6) is -2.95. The summed E-state index contributed by atoms with van der Waals surface area (Å²) in [5.41, 5.74) is 1.78. The molecule has 1 saturated heterocycles. The van der Waals surface area contributed by atoms with Gasteiger partial charge in [0, 0.05) is 28.6 Å². The van der Waals surface area contributed by atoms with E-state index in [0.717, 1.165) is 4.31 Å². The highest BCUT2D eigenvalue weighted by molar-refractivity contribution is 7.89. The molecule has 0 aliphatic carbocycles. The highest BCUT2D eigenvalue weighted by atomic mass is 35.5. The maximum atomic E-state index is 13.3. The van der Waals surface area contributed by atoms with Crippen LogP contribution in [-0.4, -0.2) is 66.5 Å². The van der Waals surface area contributed by atoms with Gasteiger partial charge < -0.3 is 20.3 Å². The molecule has 3 aromatic rings. The van der Waals surface area contributed by atoms with Crippen LogP contribution in [0.2, 0.25) is 10.0 Å². The van der Waals surface area contributed by atoms with Crippen molar-refractivity contribution in [3.8, 4) is 16.9 Å². The first-order chi connectivity index (χ1) is 19.4. The van der Waals surface area contributed by atoms with Crippen molar-refractivity contribution in [2.24, 2.45) is 0 Å². The molecule has 0 radical (unpaired) electrons. The topological polar surface area (TPSA) is 150 Å². The second-order valence-electron chi connectivity index (χ2n) is 9.37. The van der Waals surface area contributed by atoms with Gasteiger partial charge in [0.15, 0.2) is 0 Å². The van der Waals surface area contributed by atoms with Crippen LogP contribution in [0.3, 0.4) is 0 Å². The third-order valence-corrected chi connectivity index (χ3v) is 9.04. The summed E-state index contributed by atoms with van der Waals surface area (Å²) in [4.78, 5) is 36.6. The predicted octanol–water partition coefficient (Wildman–Crippen LogP) is 4.33. The standard InChI is InChI=1S/C28H26Cl2N2O8S/c1-40-25-21(4-2-5-22(25)27(34)35)17-9-7-16(8-10-17)12-23(28(36)37)31-26(33)24-6-3-11-32(24)41(38,39)20-14-18(29)13-19(30)15-20/h2,4-5,7-10,13-15,23-24H,3,6,11-12H2,1H3,(H,31,33)(H,34,35)(H,36,37)/t23-,24-/m0/s1. The third kappa shape index (κ3) is 6.65. The molecule has 0 unspecified atom stereocenters. The fraction of sp³-hybridized carbons (Fsp3) is 0.250. The van der Waals surface area contributed by atoms with E-state index in [1.807, 2.05) is 0 Å². The number of hydrogen-bond donors (Lipinski definition) is 3. The fourth-order valence-electron chi connectivity index (χ4n) is 4.78. The van der Waals surface area contributed by atoms with Crippen molar-refractivity contribution in [2.45, 2.75) is 36.2 Å². The number of nitrogens with zero attached hydrogens (tertiary/aromatic N) is 1. The average molecular weight is 621 g/mol. The quantitative estimate of drug-likeness (QED) is 0.303. The number of sulfonamides is 1. The molecule has 10 nitrogen and oxygen atoms in total. The second-order valence-corrected chi connectivity index (χ2v) is 12.1. The van der Waals surface area contributed by atoms with Gasteiger partial charge in [0.2, 0.25) is 15.9 Å². The molecule has 1 aliphatic heterocycles. The summed E-state index contributed by atoms with van der Waals surface area (Å²) >= 11 is 12.0. The number of nitrogens with one attached hydrogen (secondary N) is 1. The highest BCUT2D eigenvalue weighted by Crippen LogP contribution is 2.34. The largest absolute Gasteiger partial charge is 0.495 e. The minimum Gasteiger partial charge on any atom is -0.495 e. The van der Waals surface area contributed by atoms with E-state index in [2.05, 4.69) is 5.32 Å². The van der Waals surface area contributed by atoms with Gasteiger partial charge in [-0.15, -0.1) is 0 Å². The Labute approximate surface area is 246 Å². The first-order valence-electron chi connectivity index (χ1n) is 12.4. The van der Waals surface area contributed by atoms with Crippen molar-refractivity contribution >= 4 is 51.1 Å². The number of ether oxygens (including phenoxy) is 1. The van der Waals surface area contributed by atoms with Crippen molar-refractivity contribution in [3.63, 3.8) is 0 Å². The minimum atomic E-state index is -4.13. The van der Waals surface area contributed by atoms with E-state index in [1.165, 1.54) is 31.4 Å². The fourth-order valence-corrected chi connectivity index (χ4v) is 7.16. The van der Waals surface area contributed by atoms with Gasteiger partial charge in [0.25, 0.3) is 0 Å². The van der Waals surface area contributed by atoms with Crippen molar-refractivity contribution in [3.05, 3.63) is 81.8 Å². The molecule has 0 spiro atoms. The van der Waals surface area contributed by atoms with E-state index in [4.69, 9.17) is 27.9 Å². The van der Waals surface area contributed by atoms with Crippen LogP contribution in [0.5, 0.6) is 5.75 Å². The molecule has 0 aromatic heterocycles. The maximum Gasteiger partial charge on any atom is 0.339 e. The summed E-state index contributed by atoms with van der Waals surface area (Å²) in [6, 6.07) is 12.9. The molecule has 1 fully saturated rings. The molecular formula is C28H26Cl2N2O8S. The van der Waals surface area contributed by atoms with Crippen LogP contribution >= 0.6 is 23.2 Å². The van der Waals surface area contributed by atoms with Gasteiger partial charge in [-0.1, -0.05) is 59.6 Å². The van der Waals surface area contributed by atoms with Gasteiger partial charge in [-0.25, -0.2) is 18.0 Å². The molecule has 0 bridgehead atoms. The molecule has 216 valence electrons. The summed E-state index contributed by atoms with van der Waals surface area (Å²) in [6.45, 7) is 0.0797. The number of carbonyl (C=O) groups excluding carboxylic acids is 1. The number of methoxy groups -OCH3 is 1. The molecule has 3 N–H and O–H groups in total. The lowest BCUT2D eigenvalue weighted by molar-refractivity contribution is -0.142. The predicted molar refractivity (Wildman–Crippen MR) is 152 cm³/mol. The van der Waals surface area contributed by atoms with Crippen LogP contribution in [0, 0.1) is 0 Å². The Morgan fingerprint density at radius 2 is 1.71 bits per heavy atom. The first kappa shape index (κ1) is 30.3. The molecule has 13 heteroatoms. The zero-order valence-electron chi connectivity index (χ0n) is 21.7. The van der Waals surface area contributed by atoms with Gasteiger partial charge in [-0.3, -0.25) is 4.79 Å². The van der Waals surface area contributed by atoms with Crippen LogP contribution in [0.25, 0.3) is 11.1 Å². The van der Waals surface area contributed by atoms with Gasteiger partial charge in [0.05, 0.1) is 12.0 Å². The molecule has 3 aromatic carbocycles. The molecule has 1 aliphatic rings. The van der Waals surface area contributed by atoms with Gasteiger partial charge in [-0.2, -0.15) is 4.31 Å². The zero-order chi connectivity index (χ0) is 29.9. The molecule has 0 saturated carbocycles. The number of carboxylic acid groups (broad SMARTS) is 2. The Morgan fingerprint density at radius 3 is 2.29 bits per heavy atom. The number of rotatable bonds is 10. The Kier molecular flexibility index (Phi) is 9.23. The molecule has 41 heavy (non-hydrogen) atoms. The minimum absolute atomic E-state index is 0.00385. The number of carbonyl (C=O) groups is 3. The molecule has 1 heterocycles. The Bertz CT molecular complexity index is 1570.